The van der Waals surface area contributed by atoms with Crippen LogP contribution in [0, 0.1) is 20.8 Å². The van der Waals surface area contributed by atoms with Crippen LogP contribution in [0.1, 0.15) is 16.7 Å². The number of halogens is 1. The summed E-state index contributed by atoms with van der Waals surface area (Å²) in [6.45, 7) is 6.27. The van der Waals surface area contributed by atoms with Gasteiger partial charge in [0.25, 0.3) is 0 Å². The Morgan fingerprint density at radius 2 is 1.89 bits per heavy atom. The van der Waals surface area contributed by atoms with Crippen molar-refractivity contribution in [2.75, 3.05) is 11.1 Å². The molecule has 5 nitrogen and oxygen atoms in total. The lowest BCUT2D eigenvalue weighted by atomic mass is 10.0. The van der Waals surface area contributed by atoms with Crippen LogP contribution in [0.3, 0.4) is 0 Å². The Labute approximate surface area is 172 Å². The molecule has 4 aromatic rings. The fourth-order valence-corrected chi connectivity index (χ4v) is 4.31. The molecular formula is C21H19ClN4OS. The normalized spacial score (nSPS) is 11.3. The Bertz CT molecular complexity index is 1220. The van der Waals surface area contributed by atoms with E-state index in [1.807, 2.05) is 22.6 Å². The van der Waals surface area contributed by atoms with Crippen molar-refractivity contribution in [3.8, 4) is 0 Å². The molecule has 1 N–H and O–H groups in total. The van der Waals surface area contributed by atoms with Crippen LogP contribution in [0.15, 0.2) is 47.6 Å². The van der Waals surface area contributed by atoms with Gasteiger partial charge >= 0.3 is 0 Å². The van der Waals surface area contributed by atoms with Crippen LogP contribution < -0.4 is 5.32 Å². The summed E-state index contributed by atoms with van der Waals surface area (Å²) < 4.78 is 2.03. The number of thioether (sulfide) groups is 1. The van der Waals surface area contributed by atoms with Gasteiger partial charge in [-0.05, 0) is 56.2 Å². The highest BCUT2D eigenvalue weighted by Gasteiger charge is 2.15. The molecule has 0 aliphatic carbocycles. The molecule has 2 aromatic carbocycles. The molecule has 0 aliphatic heterocycles. The van der Waals surface area contributed by atoms with Gasteiger partial charge in [0.05, 0.1) is 22.0 Å². The number of para-hydroxylation sites is 1. The standard InChI is InChI=1S/C21H19ClN4OS/c1-12-8-14(3)20-15(9-12)13(2)10-18-24-25-21(26(18)20)28-11-19(27)23-17-7-5-4-6-16(17)22/h4-10H,11H2,1-3H3,(H,23,27). The van der Waals surface area contributed by atoms with Gasteiger partial charge < -0.3 is 5.32 Å². The van der Waals surface area contributed by atoms with E-state index in [1.165, 1.54) is 22.7 Å². The minimum Gasteiger partial charge on any atom is -0.324 e. The van der Waals surface area contributed by atoms with E-state index in [0.29, 0.717) is 15.9 Å². The number of pyridine rings is 1. The largest absolute Gasteiger partial charge is 0.324 e. The number of nitrogens with one attached hydrogen (secondary N) is 1. The quantitative estimate of drug-likeness (QED) is 0.470. The van der Waals surface area contributed by atoms with Gasteiger partial charge in [0.1, 0.15) is 0 Å². The molecule has 0 fully saturated rings. The van der Waals surface area contributed by atoms with Crippen molar-refractivity contribution >= 4 is 51.5 Å². The van der Waals surface area contributed by atoms with Gasteiger partial charge in [0, 0.05) is 5.39 Å². The Morgan fingerprint density at radius 3 is 2.68 bits per heavy atom. The first kappa shape index (κ1) is 18.8. The van der Waals surface area contributed by atoms with Crippen LogP contribution in [0.4, 0.5) is 5.69 Å². The summed E-state index contributed by atoms with van der Waals surface area (Å²) in [7, 11) is 0. The smallest absolute Gasteiger partial charge is 0.234 e. The number of nitrogens with zero attached hydrogens (tertiary/aromatic N) is 3. The minimum absolute atomic E-state index is 0.140. The van der Waals surface area contributed by atoms with Gasteiger partial charge in [-0.2, -0.15) is 0 Å². The molecule has 1 amide bonds. The molecular weight excluding hydrogens is 392 g/mol. The number of amides is 1. The minimum atomic E-state index is -0.140. The number of rotatable bonds is 4. The Balaban J connectivity index is 1.65. The van der Waals surface area contributed by atoms with Gasteiger partial charge in [-0.1, -0.05) is 47.1 Å². The molecule has 0 aliphatic rings. The van der Waals surface area contributed by atoms with E-state index in [0.717, 1.165) is 22.3 Å². The number of aryl methyl sites for hydroxylation is 3. The molecule has 4 rings (SSSR count). The van der Waals surface area contributed by atoms with E-state index < -0.39 is 0 Å². The average molecular weight is 411 g/mol. The number of benzene rings is 2. The fraction of sp³-hybridized carbons (Fsp3) is 0.190. The summed E-state index contributed by atoms with van der Waals surface area (Å²) >= 11 is 7.47. The third kappa shape index (κ3) is 3.45. The monoisotopic (exact) mass is 410 g/mol. The van der Waals surface area contributed by atoms with Gasteiger partial charge in [0.15, 0.2) is 10.8 Å². The highest BCUT2D eigenvalue weighted by atomic mass is 35.5. The van der Waals surface area contributed by atoms with E-state index in [-0.39, 0.29) is 11.7 Å². The molecule has 28 heavy (non-hydrogen) atoms. The second kappa shape index (κ2) is 7.45. The van der Waals surface area contributed by atoms with E-state index in [2.05, 4.69) is 48.4 Å². The molecule has 0 bridgehead atoms. The first-order chi connectivity index (χ1) is 13.4. The maximum Gasteiger partial charge on any atom is 0.234 e. The lowest BCUT2D eigenvalue weighted by Gasteiger charge is -2.11. The number of fused-ring (bicyclic) bond motifs is 3. The van der Waals surface area contributed by atoms with Crippen LogP contribution in [0.25, 0.3) is 16.6 Å². The summed E-state index contributed by atoms with van der Waals surface area (Å²) in [5.74, 6) is 0.0746. The molecule has 0 unspecified atom stereocenters. The zero-order chi connectivity index (χ0) is 19.8. The van der Waals surface area contributed by atoms with Gasteiger partial charge in [0.2, 0.25) is 5.91 Å². The van der Waals surface area contributed by atoms with Gasteiger partial charge in [-0.3, -0.25) is 9.20 Å². The van der Waals surface area contributed by atoms with Crippen molar-refractivity contribution in [1.29, 1.82) is 0 Å². The molecule has 7 heteroatoms. The van der Waals surface area contributed by atoms with Crippen LogP contribution in [-0.4, -0.2) is 26.3 Å². The Hall–Kier alpha value is -2.57. The van der Waals surface area contributed by atoms with E-state index in [9.17, 15) is 4.79 Å². The number of carbonyl (C=O) groups is 1. The molecule has 0 spiro atoms. The molecule has 0 saturated carbocycles. The zero-order valence-corrected chi connectivity index (χ0v) is 17.4. The molecule has 0 atom stereocenters. The maximum absolute atomic E-state index is 12.4. The number of hydrogen-bond acceptors (Lipinski definition) is 4. The molecule has 142 valence electrons. The van der Waals surface area contributed by atoms with Crippen LogP contribution in [0.5, 0.6) is 0 Å². The molecule has 2 aromatic heterocycles. The van der Waals surface area contributed by atoms with Gasteiger partial charge in [-0.15, -0.1) is 10.2 Å². The summed E-state index contributed by atoms with van der Waals surface area (Å²) in [4.78, 5) is 12.4. The number of aromatic nitrogens is 3. The predicted octanol–water partition coefficient (Wildman–Crippen LogP) is 5.19. The van der Waals surface area contributed by atoms with Crippen molar-refractivity contribution in [2.45, 2.75) is 25.9 Å². The number of carbonyl (C=O) groups excluding carboxylic acids is 1. The Kier molecular flexibility index (Phi) is 5.00. The summed E-state index contributed by atoms with van der Waals surface area (Å²) in [5, 5.41) is 13.8. The maximum atomic E-state index is 12.4. The Morgan fingerprint density at radius 1 is 1.11 bits per heavy atom. The third-order valence-electron chi connectivity index (χ3n) is 4.58. The van der Waals surface area contributed by atoms with E-state index >= 15 is 0 Å². The van der Waals surface area contributed by atoms with E-state index in [4.69, 9.17) is 11.6 Å². The van der Waals surface area contributed by atoms with Crippen molar-refractivity contribution in [3.05, 3.63) is 64.2 Å². The van der Waals surface area contributed by atoms with Crippen LogP contribution in [0.2, 0.25) is 5.02 Å². The van der Waals surface area contributed by atoms with Crippen LogP contribution in [-0.2, 0) is 4.79 Å². The highest BCUT2D eigenvalue weighted by molar-refractivity contribution is 7.99. The average Bonchev–Trinajstić information content (AvgIpc) is 3.04. The lowest BCUT2D eigenvalue weighted by molar-refractivity contribution is -0.113. The molecule has 2 heterocycles. The SMILES string of the molecule is Cc1cc(C)c2c(c1)c(C)cc1nnc(SCC(=O)Nc3ccccc3Cl)n12. The number of hydrogen-bond donors (Lipinski definition) is 1. The summed E-state index contributed by atoms with van der Waals surface area (Å²) in [6.07, 6.45) is 0. The fourth-order valence-electron chi connectivity index (χ4n) is 3.39. The second-order valence-corrected chi connectivity index (χ2v) is 8.15. The lowest BCUT2D eigenvalue weighted by Crippen LogP contribution is -2.14. The van der Waals surface area contributed by atoms with E-state index in [1.54, 1.807) is 12.1 Å². The van der Waals surface area contributed by atoms with Crippen LogP contribution >= 0.6 is 23.4 Å². The van der Waals surface area contributed by atoms with Crippen molar-refractivity contribution in [2.24, 2.45) is 0 Å². The summed E-state index contributed by atoms with van der Waals surface area (Å²) in [6, 6.07) is 13.5. The van der Waals surface area contributed by atoms with Crippen molar-refractivity contribution in [3.63, 3.8) is 0 Å². The van der Waals surface area contributed by atoms with Crippen molar-refractivity contribution in [1.82, 2.24) is 14.6 Å². The first-order valence-electron chi connectivity index (χ1n) is 8.87. The molecule has 0 radical (unpaired) electrons. The topological polar surface area (TPSA) is 59.3 Å². The van der Waals surface area contributed by atoms with Crippen molar-refractivity contribution < 1.29 is 4.79 Å². The van der Waals surface area contributed by atoms with Gasteiger partial charge in [-0.25, -0.2) is 0 Å². The zero-order valence-electron chi connectivity index (χ0n) is 15.8. The predicted molar refractivity (Wildman–Crippen MR) is 116 cm³/mol. The first-order valence-corrected chi connectivity index (χ1v) is 10.2. The third-order valence-corrected chi connectivity index (χ3v) is 5.84. The highest BCUT2D eigenvalue weighted by Crippen LogP contribution is 2.29. The molecule has 0 saturated heterocycles. The summed E-state index contributed by atoms with van der Waals surface area (Å²) in [5.41, 5.74) is 6.01. The second-order valence-electron chi connectivity index (χ2n) is 6.80. The number of anilines is 1.